The van der Waals surface area contributed by atoms with Crippen molar-refractivity contribution >= 4 is 0 Å². The van der Waals surface area contributed by atoms with Crippen molar-refractivity contribution < 1.29 is 9.47 Å². The van der Waals surface area contributed by atoms with E-state index in [0.29, 0.717) is 11.8 Å². The molecular formula is C18H31NO2. The van der Waals surface area contributed by atoms with E-state index in [2.05, 4.69) is 45.1 Å². The molecular weight excluding hydrogens is 262 g/mol. The summed E-state index contributed by atoms with van der Waals surface area (Å²) in [5, 5.41) is 3.39. The molecule has 0 aliphatic carbocycles. The zero-order valence-corrected chi connectivity index (χ0v) is 14.0. The van der Waals surface area contributed by atoms with Crippen LogP contribution in [0.1, 0.15) is 39.7 Å². The van der Waals surface area contributed by atoms with Gasteiger partial charge < -0.3 is 14.8 Å². The average molecular weight is 293 g/mol. The van der Waals surface area contributed by atoms with E-state index in [1.54, 1.807) is 0 Å². The van der Waals surface area contributed by atoms with Crippen LogP contribution in [0, 0.1) is 11.8 Å². The molecule has 1 rings (SSSR count). The van der Waals surface area contributed by atoms with Crippen LogP contribution in [-0.4, -0.2) is 26.4 Å². The smallest absolute Gasteiger partial charge is 0.119 e. The van der Waals surface area contributed by atoms with Crippen molar-refractivity contribution in [2.24, 2.45) is 11.8 Å². The standard InChI is InChI=1S/C18H31NO2/c1-15(2)9-11-21-18-7-5-17(6-8-18)13-19-10-12-20-14-16(3)4/h5-8,15-16,19H,9-14H2,1-4H3. The van der Waals surface area contributed by atoms with Crippen LogP contribution in [0.25, 0.3) is 0 Å². The maximum Gasteiger partial charge on any atom is 0.119 e. The van der Waals surface area contributed by atoms with Crippen molar-refractivity contribution in [1.29, 1.82) is 0 Å². The van der Waals surface area contributed by atoms with E-state index in [1.165, 1.54) is 5.56 Å². The van der Waals surface area contributed by atoms with Gasteiger partial charge in [-0.1, -0.05) is 39.8 Å². The Morgan fingerprint density at radius 3 is 2.29 bits per heavy atom. The molecule has 0 aliphatic rings. The predicted molar refractivity (Wildman–Crippen MR) is 88.8 cm³/mol. The molecule has 1 N–H and O–H groups in total. The van der Waals surface area contributed by atoms with Gasteiger partial charge in [-0.2, -0.15) is 0 Å². The van der Waals surface area contributed by atoms with Crippen molar-refractivity contribution in [3.8, 4) is 5.75 Å². The maximum atomic E-state index is 5.71. The fraction of sp³-hybridized carbons (Fsp3) is 0.667. The largest absolute Gasteiger partial charge is 0.494 e. The van der Waals surface area contributed by atoms with Crippen molar-refractivity contribution in [2.75, 3.05) is 26.4 Å². The highest BCUT2D eigenvalue weighted by Gasteiger charge is 1.98. The van der Waals surface area contributed by atoms with Crippen LogP contribution in [-0.2, 0) is 11.3 Å². The average Bonchev–Trinajstić information content (AvgIpc) is 2.43. The fourth-order valence-corrected chi connectivity index (χ4v) is 1.81. The summed E-state index contributed by atoms with van der Waals surface area (Å²) in [5.74, 6) is 2.25. The van der Waals surface area contributed by atoms with Crippen molar-refractivity contribution in [3.63, 3.8) is 0 Å². The minimum absolute atomic E-state index is 0.605. The number of hydrogen-bond acceptors (Lipinski definition) is 3. The minimum atomic E-state index is 0.605. The van der Waals surface area contributed by atoms with Crippen molar-refractivity contribution in [2.45, 2.75) is 40.7 Å². The van der Waals surface area contributed by atoms with Gasteiger partial charge in [0.25, 0.3) is 0 Å². The van der Waals surface area contributed by atoms with Crippen LogP contribution < -0.4 is 10.1 Å². The zero-order chi connectivity index (χ0) is 15.5. The van der Waals surface area contributed by atoms with Crippen molar-refractivity contribution in [3.05, 3.63) is 29.8 Å². The monoisotopic (exact) mass is 293 g/mol. The van der Waals surface area contributed by atoms with Crippen LogP contribution in [0.5, 0.6) is 5.75 Å². The molecule has 0 aromatic heterocycles. The first-order valence-corrected chi connectivity index (χ1v) is 8.08. The van der Waals surface area contributed by atoms with Gasteiger partial charge in [-0.15, -0.1) is 0 Å². The van der Waals surface area contributed by atoms with Gasteiger partial charge in [0, 0.05) is 19.7 Å². The quantitative estimate of drug-likeness (QED) is 0.628. The Hall–Kier alpha value is -1.06. The Bertz CT molecular complexity index is 360. The number of rotatable bonds is 11. The van der Waals surface area contributed by atoms with Crippen LogP contribution in [0.3, 0.4) is 0 Å². The first-order valence-electron chi connectivity index (χ1n) is 8.08. The summed E-state index contributed by atoms with van der Waals surface area (Å²) in [4.78, 5) is 0. The highest BCUT2D eigenvalue weighted by Crippen LogP contribution is 2.13. The molecule has 21 heavy (non-hydrogen) atoms. The first kappa shape index (κ1) is 18.0. The highest BCUT2D eigenvalue weighted by molar-refractivity contribution is 5.27. The van der Waals surface area contributed by atoms with Gasteiger partial charge in [0.1, 0.15) is 5.75 Å². The summed E-state index contributed by atoms with van der Waals surface area (Å²) in [6, 6.07) is 8.33. The van der Waals surface area contributed by atoms with Gasteiger partial charge in [-0.3, -0.25) is 0 Å². The summed E-state index contributed by atoms with van der Waals surface area (Å²) in [7, 11) is 0. The molecule has 1 aromatic rings. The topological polar surface area (TPSA) is 30.5 Å². The summed E-state index contributed by atoms with van der Waals surface area (Å²) in [6.07, 6.45) is 1.10. The molecule has 0 amide bonds. The summed E-state index contributed by atoms with van der Waals surface area (Å²) in [6.45, 7) is 12.9. The Labute approximate surface area is 130 Å². The highest BCUT2D eigenvalue weighted by atomic mass is 16.5. The predicted octanol–water partition coefficient (Wildman–Crippen LogP) is 3.87. The Kier molecular flexibility index (Phi) is 9.11. The van der Waals surface area contributed by atoms with Gasteiger partial charge in [0.05, 0.1) is 13.2 Å². The number of benzene rings is 1. The molecule has 0 heterocycles. The number of hydrogen-bond donors (Lipinski definition) is 1. The second-order valence-corrected chi connectivity index (χ2v) is 6.32. The molecule has 0 unspecified atom stereocenters. The first-order chi connectivity index (χ1) is 10.1. The van der Waals surface area contributed by atoms with E-state index in [0.717, 1.165) is 45.1 Å². The molecule has 0 fully saturated rings. The van der Waals surface area contributed by atoms with Gasteiger partial charge in [-0.05, 0) is 36.0 Å². The molecule has 1 aromatic carbocycles. The van der Waals surface area contributed by atoms with Gasteiger partial charge in [0.15, 0.2) is 0 Å². The van der Waals surface area contributed by atoms with Gasteiger partial charge in [0.2, 0.25) is 0 Å². The van der Waals surface area contributed by atoms with Crippen LogP contribution in [0.15, 0.2) is 24.3 Å². The van der Waals surface area contributed by atoms with Crippen molar-refractivity contribution in [1.82, 2.24) is 5.32 Å². The van der Waals surface area contributed by atoms with E-state index in [4.69, 9.17) is 9.47 Å². The molecule has 0 atom stereocenters. The number of nitrogens with one attached hydrogen (secondary N) is 1. The summed E-state index contributed by atoms with van der Waals surface area (Å²) in [5.41, 5.74) is 1.27. The van der Waals surface area contributed by atoms with E-state index in [1.807, 2.05) is 12.1 Å². The molecule has 3 heteroatoms. The molecule has 0 radical (unpaired) electrons. The second kappa shape index (κ2) is 10.6. The lowest BCUT2D eigenvalue weighted by molar-refractivity contribution is 0.111. The number of ether oxygens (including phenoxy) is 2. The van der Waals surface area contributed by atoms with Crippen LogP contribution in [0.2, 0.25) is 0 Å². The molecule has 120 valence electrons. The summed E-state index contributed by atoms with van der Waals surface area (Å²) < 4.78 is 11.2. The Morgan fingerprint density at radius 2 is 1.67 bits per heavy atom. The van der Waals surface area contributed by atoms with Gasteiger partial charge >= 0.3 is 0 Å². The molecule has 0 spiro atoms. The molecule has 0 aliphatic heterocycles. The normalized spacial score (nSPS) is 11.3. The van der Waals surface area contributed by atoms with E-state index in [-0.39, 0.29) is 0 Å². The Morgan fingerprint density at radius 1 is 0.952 bits per heavy atom. The zero-order valence-electron chi connectivity index (χ0n) is 14.0. The lowest BCUT2D eigenvalue weighted by atomic mass is 10.1. The maximum absolute atomic E-state index is 5.71. The fourth-order valence-electron chi connectivity index (χ4n) is 1.81. The van der Waals surface area contributed by atoms with Crippen LogP contribution >= 0.6 is 0 Å². The lowest BCUT2D eigenvalue weighted by Gasteiger charge is -2.10. The SMILES string of the molecule is CC(C)CCOc1ccc(CNCCOCC(C)C)cc1. The third-order valence-electron chi connectivity index (χ3n) is 3.09. The molecule has 0 saturated carbocycles. The Balaban J connectivity index is 2.13. The third-order valence-corrected chi connectivity index (χ3v) is 3.09. The van der Waals surface area contributed by atoms with Crippen LogP contribution in [0.4, 0.5) is 0 Å². The molecule has 3 nitrogen and oxygen atoms in total. The molecule has 0 saturated heterocycles. The summed E-state index contributed by atoms with van der Waals surface area (Å²) >= 11 is 0. The third kappa shape index (κ3) is 9.48. The molecule has 0 bridgehead atoms. The second-order valence-electron chi connectivity index (χ2n) is 6.32. The lowest BCUT2D eigenvalue weighted by Crippen LogP contribution is -2.20. The van der Waals surface area contributed by atoms with E-state index in [9.17, 15) is 0 Å². The van der Waals surface area contributed by atoms with Gasteiger partial charge in [-0.25, -0.2) is 0 Å². The van der Waals surface area contributed by atoms with E-state index < -0.39 is 0 Å². The van der Waals surface area contributed by atoms with E-state index >= 15 is 0 Å². The minimum Gasteiger partial charge on any atom is -0.494 e.